The minimum absolute atomic E-state index is 0. The Kier molecular flexibility index (Phi) is 14.1. The van der Waals surface area contributed by atoms with Crippen molar-refractivity contribution in [2.45, 2.75) is 85.7 Å². The van der Waals surface area contributed by atoms with Crippen LogP contribution in [0.1, 0.15) is 77.5 Å². The van der Waals surface area contributed by atoms with Crippen molar-refractivity contribution in [2.24, 2.45) is 0 Å². The van der Waals surface area contributed by atoms with Gasteiger partial charge >= 0.3 is 0 Å². The maximum Gasteiger partial charge on any atom is 0.268 e. The highest BCUT2D eigenvalue weighted by molar-refractivity contribution is 7.45. The molecule has 0 spiro atoms. The molecule has 41 heavy (non-hydrogen) atoms. The van der Waals surface area contributed by atoms with Crippen LogP contribution in [0.4, 0.5) is 0 Å². The van der Waals surface area contributed by atoms with Crippen LogP contribution >= 0.6 is 15.6 Å². The van der Waals surface area contributed by atoms with E-state index in [1.807, 2.05) is 32.0 Å². The monoisotopic (exact) mass is 620 g/mol. The molecule has 2 atom stereocenters. The first kappa shape index (κ1) is 38.9. The summed E-state index contributed by atoms with van der Waals surface area (Å²) in [7, 11) is -10.4. The van der Waals surface area contributed by atoms with Crippen molar-refractivity contribution < 1.29 is 47.2 Å². The summed E-state index contributed by atoms with van der Waals surface area (Å²) in [5.41, 5.74) is 3.99. The normalized spacial score (nSPS) is 14.6. The zero-order valence-corrected chi connectivity index (χ0v) is 27.3. The summed E-state index contributed by atoms with van der Waals surface area (Å²) < 4.78 is 44.9. The summed E-state index contributed by atoms with van der Waals surface area (Å²) in [5.74, 6) is -3.38. The molecular formula is C27H46N2O10P2. The number of phosphoric ester groups is 2. The fourth-order valence-corrected chi connectivity index (χ4v) is 5.34. The molecule has 10 N–H and O–H groups in total. The van der Waals surface area contributed by atoms with Crippen LogP contribution in [-0.2, 0) is 24.6 Å². The van der Waals surface area contributed by atoms with E-state index in [2.05, 4.69) is 13.5 Å². The number of allylic oxidation sites excluding steroid dienone is 1. The molecule has 0 heterocycles. The van der Waals surface area contributed by atoms with Gasteiger partial charge in [0.15, 0.2) is 0 Å². The van der Waals surface area contributed by atoms with Crippen molar-refractivity contribution in [1.82, 2.24) is 12.3 Å². The number of aryl methyl sites for hydroxylation is 2. The molecule has 0 saturated heterocycles. The van der Waals surface area contributed by atoms with Crippen LogP contribution in [0.25, 0.3) is 16.7 Å². The Balaban J connectivity index is 0.00000800. The molecule has 0 aromatic heterocycles. The van der Waals surface area contributed by atoms with Gasteiger partial charge in [-0.25, -0.2) is 0 Å². The van der Waals surface area contributed by atoms with Gasteiger partial charge in [0.2, 0.25) is 11.6 Å². The number of unbranched alkanes of at least 4 members (excludes halogenated alkanes) is 2. The Morgan fingerprint density at radius 1 is 0.902 bits per heavy atom. The first-order chi connectivity index (χ1) is 17.7. The molecule has 2 aromatic carbocycles. The number of benzene rings is 2. The maximum absolute atomic E-state index is 11.6. The average molecular weight is 621 g/mol. The van der Waals surface area contributed by atoms with E-state index in [0.717, 1.165) is 36.0 Å². The molecule has 0 radical (unpaired) electrons. The molecular weight excluding hydrogens is 574 g/mol. The molecule has 0 aliphatic rings. The van der Waals surface area contributed by atoms with E-state index in [1.165, 1.54) is 27.7 Å². The Morgan fingerprint density at radius 2 is 1.37 bits per heavy atom. The summed E-state index contributed by atoms with van der Waals surface area (Å²) in [5, 5.41) is 0. The van der Waals surface area contributed by atoms with Gasteiger partial charge in [-0.1, -0.05) is 55.7 Å². The maximum atomic E-state index is 11.6. The second kappa shape index (κ2) is 14.9. The summed E-state index contributed by atoms with van der Waals surface area (Å²) >= 11 is 0. The van der Waals surface area contributed by atoms with E-state index in [4.69, 9.17) is 18.5 Å². The van der Waals surface area contributed by atoms with Crippen molar-refractivity contribution in [1.29, 1.82) is 0 Å². The predicted octanol–water partition coefficient (Wildman–Crippen LogP) is 6.36. The number of hydrogen-bond donors (Lipinski definition) is 4. The van der Waals surface area contributed by atoms with Gasteiger partial charge in [0, 0.05) is 27.7 Å². The second-order valence-corrected chi connectivity index (χ2v) is 12.6. The third kappa shape index (κ3) is 12.8. The molecule has 12 nitrogen and oxygen atoms in total. The van der Waals surface area contributed by atoms with Gasteiger partial charge in [-0.2, -0.15) is 0 Å². The lowest BCUT2D eigenvalue weighted by atomic mass is 9.91. The summed E-state index contributed by atoms with van der Waals surface area (Å²) in [6.45, 7) is 15.1. The second-order valence-electron chi connectivity index (χ2n) is 10.4. The Morgan fingerprint density at radius 3 is 1.76 bits per heavy atom. The van der Waals surface area contributed by atoms with Gasteiger partial charge in [-0.15, -0.1) is 0 Å². The van der Waals surface area contributed by atoms with Gasteiger partial charge in [-0.05, 0) is 55.5 Å². The van der Waals surface area contributed by atoms with Gasteiger partial charge in [-0.3, -0.25) is 18.2 Å². The molecule has 0 fully saturated rings. The van der Waals surface area contributed by atoms with Crippen LogP contribution in [0.15, 0.2) is 36.9 Å². The number of ether oxygens (including phenoxy) is 2. The lowest BCUT2D eigenvalue weighted by Crippen LogP contribution is -2.34. The molecule has 14 heteroatoms. The van der Waals surface area contributed by atoms with Gasteiger partial charge in [0.1, 0.15) is 11.5 Å². The highest BCUT2D eigenvalue weighted by atomic mass is 31.2. The third-order valence-electron chi connectivity index (χ3n) is 5.48. The highest BCUT2D eigenvalue weighted by Crippen LogP contribution is 2.48. The number of hydrogen-bond acceptors (Lipinski definition) is 8. The first-order valence-corrected chi connectivity index (χ1v) is 15.5. The minimum atomic E-state index is -5.18. The molecule has 2 unspecified atom stereocenters. The van der Waals surface area contributed by atoms with E-state index in [9.17, 15) is 28.7 Å². The number of quaternary nitrogens is 2. The van der Waals surface area contributed by atoms with Crippen molar-refractivity contribution in [3.8, 4) is 22.6 Å². The van der Waals surface area contributed by atoms with Gasteiger partial charge in [0.25, 0.3) is 15.6 Å². The fourth-order valence-electron chi connectivity index (χ4n) is 4.15. The highest BCUT2D eigenvalue weighted by Gasteiger charge is 2.32. The standard InChI is InChI=1S/C27H40O10P2.2H3N/c1-9-10-11-12-20-16-23(34-26(5,6)36-38(28,29)30)25(22-15-19(4)13-14-21(22)18(2)3)24(17-20)35-27(7,8)37-39(31,32)33;;/h13-17H,2,9-12H2,1,3-8H3,(H2,28,29,30)(H2,31,32,33);2*1H3. The van der Waals surface area contributed by atoms with E-state index in [1.54, 1.807) is 12.1 Å². The van der Waals surface area contributed by atoms with Crippen LogP contribution < -0.4 is 31.6 Å². The zero-order valence-electron chi connectivity index (χ0n) is 25.5. The van der Waals surface area contributed by atoms with E-state index < -0.39 is 27.2 Å². The van der Waals surface area contributed by atoms with Crippen molar-refractivity contribution in [2.75, 3.05) is 0 Å². The fraction of sp³-hybridized carbons (Fsp3) is 0.481. The van der Waals surface area contributed by atoms with Crippen molar-refractivity contribution in [3.63, 3.8) is 0 Å². The number of phosphoric acid groups is 2. The SMILES string of the molecule is C=C(C)c1ccc(C)cc1-c1c(OC(C)(C)OP(=O)([O-])O)cc(CCCCC)cc1OC(C)(C)OP(=O)([O-])O.[NH4+].[NH4+]. The smallest absolute Gasteiger partial charge is 0.268 e. The van der Waals surface area contributed by atoms with Crippen LogP contribution in [0, 0.1) is 6.92 Å². The van der Waals surface area contributed by atoms with Crippen LogP contribution in [0.5, 0.6) is 11.5 Å². The Bertz CT molecular complexity index is 1230. The molecule has 0 saturated carbocycles. The summed E-state index contributed by atoms with van der Waals surface area (Å²) in [6, 6.07) is 9.05. The summed E-state index contributed by atoms with van der Waals surface area (Å²) in [4.78, 5) is 41.8. The third-order valence-corrected chi connectivity index (χ3v) is 6.82. The van der Waals surface area contributed by atoms with Crippen molar-refractivity contribution >= 4 is 21.2 Å². The van der Waals surface area contributed by atoms with Gasteiger partial charge < -0.3 is 41.3 Å². The topological polar surface area (TPSA) is 231 Å². The van der Waals surface area contributed by atoms with Gasteiger partial charge in [0.05, 0.1) is 5.56 Å². The molecule has 2 rings (SSSR count). The zero-order chi connectivity index (χ0) is 29.8. The largest absolute Gasteiger partial charge is 0.756 e. The lowest BCUT2D eigenvalue weighted by Gasteiger charge is -2.34. The molecule has 0 amide bonds. The van der Waals surface area contributed by atoms with E-state index >= 15 is 0 Å². The molecule has 0 aliphatic heterocycles. The average Bonchev–Trinajstić information content (AvgIpc) is 2.69. The van der Waals surface area contributed by atoms with Crippen LogP contribution in [0.3, 0.4) is 0 Å². The van der Waals surface area contributed by atoms with Crippen LogP contribution in [-0.4, -0.2) is 21.4 Å². The lowest BCUT2D eigenvalue weighted by molar-refractivity contribution is -0.246. The minimum Gasteiger partial charge on any atom is -0.756 e. The van der Waals surface area contributed by atoms with Crippen LogP contribution in [0.2, 0.25) is 0 Å². The van der Waals surface area contributed by atoms with E-state index in [0.29, 0.717) is 23.1 Å². The predicted molar refractivity (Wildman–Crippen MR) is 158 cm³/mol. The Hall–Kier alpha value is -2.08. The Labute approximate surface area is 242 Å². The van der Waals surface area contributed by atoms with E-state index in [-0.39, 0.29) is 23.8 Å². The quantitative estimate of drug-likeness (QED) is 0.104. The van der Waals surface area contributed by atoms with Crippen molar-refractivity contribution in [3.05, 3.63) is 53.6 Å². The first-order valence-electron chi connectivity index (χ1n) is 12.5. The molecule has 0 bridgehead atoms. The number of rotatable bonds is 14. The summed E-state index contributed by atoms with van der Waals surface area (Å²) in [6.07, 6.45) is 3.35. The molecule has 234 valence electrons. The molecule has 0 aliphatic carbocycles. The molecule has 2 aromatic rings.